The molecule has 2 amide bonds. The van der Waals surface area contributed by atoms with Crippen LogP contribution in [-0.4, -0.2) is 22.9 Å². The van der Waals surface area contributed by atoms with E-state index in [0.29, 0.717) is 23.0 Å². The van der Waals surface area contributed by atoms with Crippen LogP contribution < -0.4 is 4.90 Å². The van der Waals surface area contributed by atoms with Gasteiger partial charge in [0.05, 0.1) is 16.7 Å². The molecule has 1 fully saturated rings. The van der Waals surface area contributed by atoms with E-state index in [1.54, 1.807) is 0 Å². The molecule has 1 heterocycles. The third kappa shape index (κ3) is 2.48. The molecule has 0 aliphatic carbocycles. The van der Waals surface area contributed by atoms with Gasteiger partial charge in [-0.15, -0.1) is 0 Å². The standard InChI is InChI=1S/C15H16BrNO4/c1-3-15(4-2)8-12(18)17(14(15)21)11-7-9(13(19)20)5-6-10(11)16/h5-7H,3-4,8H2,1-2H3,(H,19,20). The fourth-order valence-corrected chi connectivity index (χ4v) is 3.08. The van der Waals surface area contributed by atoms with Crippen molar-refractivity contribution in [1.29, 1.82) is 0 Å². The second kappa shape index (κ2) is 5.60. The number of imide groups is 1. The Bertz CT molecular complexity index is 622. The zero-order valence-corrected chi connectivity index (χ0v) is 13.4. The summed E-state index contributed by atoms with van der Waals surface area (Å²) in [6.07, 6.45) is 1.34. The van der Waals surface area contributed by atoms with Crippen molar-refractivity contribution >= 4 is 39.4 Å². The number of carboxylic acids is 1. The molecule has 0 saturated carbocycles. The number of rotatable bonds is 4. The predicted octanol–water partition coefficient (Wildman–Crippen LogP) is 3.22. The highest BCUT2D eigenvalue weighted by Crippen LogP contribution is 2.43. The van der Waals surface area contributed by atoms with Gasteiger partial charge >= 0.3 is 5.97 Å². The van der Waals surface area contributed by atoms with Crippen molar-refractivity contribution in [2.75, 3.05) is 4.90 Å². The molecule has 1 saturated heterocycles. The molecular formula is C15H16BrNO4. The molecule has 1 aliphatic rings. The summed E-state index contributed by atoms with van der Waals surface area (Å²) in [4.78, 5) is 37.2. The molecule has 0 atom stereocenters. The summed E-state index contributed by atoms with van der Waals surface area (Å²) in [5.74, 6) is -1.63. The van der Waals surface area contributed by atoms with Gasteiger partial charge in [-0.3, -0.25) is 9.59 Å². The number of carbonyl (C=O) groups is 3. The lowest BCUT2D eigenvalue weighted by Crippen LogP contribution is -2.35. The Hall–Kier alpha value is -1.69. The molecule has 6 heteroatoms. The maximum atomic E-state index is 12.7. The Morgan fingerprint density at radius 3 is 2.43 bits per heavy atom. The number of aromatic carboxylic acids is 1. The highest BCUT2D eigenvalue weighted by Gasteiger charge is 2.50. The lowest BCUT2D eigenvalue weighted by molar-refractivity contribution is -0.126. The number of nitrogens with zero attached hydrogens (tertiary/aromatic N) is 1. The lowest BCUT2D eigenvalue weighted by Gasteiger charge is -2.24. The molecule has 0 bridgehead atoms. The maximum absolute atomic E-state index is 12.7. The highest BCUT2D eigenvalue weighted by molar-refractivity contribution is 9.10. The third-order valence-electron chi connectivity index (χ3n) is 4.18. The van der Waals surface area contributed by atoms with Crippen LogP contribution in [0.2, 0.25) is 0 Å². The monoisotopic (exact) mass is 353 g/mol. The smallest absolute Gasteiger partial charge is 0.335 e. The van der Waals surface area contributed by atoms with Gasteiger partial charge in [0.25, 0.3) is 0 Å². The molecule has 0 spiro atoms. The third-order valence-corrected chi connectivity index (χ3v) is 4.85. The molecule has 0 unspecified atom stereocenters. The minimum Gasteiger partial charge on any atom is -0.478 e. The number of hydrogen-bond donors (Lipinski definition) is 1. The van der Waals surface area contributed by atoms with Gasteiger partial charge in [-0.05, 0) is 47.0 Å². The first-order valence-corrected chi connectivity index (χ1v) is 7.56. The summed E-state index contributed by atoms with van der Waals surface area (Å²) in [6, 6.07) is 4.31. The van der Waals surface area contributed by atoms with Gasteiger partial charge in [-0.25, -0.2) is 9.69 Å². The van der Waals surface area contributed by atoms with E-state index in [2.05, 4.69) is 15.9 Å². The summed E-state index contributed by atoms with van der Waals surface area (Å²) in [5.41, 5.74) is -0.330. The van der Waals surface area contributed by atoms with Gasteiger partial charge in [0.15, 0.2) is 0 Å². The number of halogens is 1. The Balaban J connectivity index is 2.52. The van der Waals surface area contributed by atoms with Gasteiger partial charge < -0.3 is 5.11 Å². The lowest BCUT2D eigenvalue weighted by atomic mass is 9.81. The summed E-state index contributed by atoms with van der Waals surface area (Å²) in [6.45, 7) is 3.78. The fourth-order valence-electron chi connectivity index (χ4n) is 2.66. The zero-order chi connectivity index (χ0) is 15.8. The van der Waals surface area contributed by atoms with Crippen LogP contribution in [0.4, 0.5) is 5.69 Å². The van der Waals surface area contributed by atoms with Gasteiger partial charge in [0.1, 0.15) is 0 Å². The average molecular weight is 354 g/mol. The molecule has 0 aromatic heterocycles. The first-order chi connectivity index (χ1) is 9.86. The van der Waals surface area contributed by atoms with Crippen LogP contribution in [0.3, 0.4) is 0 Å². The van der Waals surface area contributed by atoms with Gasteiger partial charge in [0, 0.05) is 10.9 Å². The fraction of sp³-hybridized carbons (Fsp3) is 0.400. The summed E-state index contributed by atoms with van der Waals surface area (Å²) in [7, 11) is 0. The summed E-state index contributed by atoms with van der Waals surface area (Å²) in [5, 5.41) is 9.07. The maximum Gasteiger partial charge on any atom is 0.335 e. The normalized spacial score (nSPS) is 17.4. The van der Waals surface area contributed by atoms with E-state index in [0.717, 1.165) is 4.90 Å². The van der Waals surface area contributed by atoms with Crippen molar-refractivity contribution in [2.45, 2.75) is 33.1 Å². The highest BCUT2D eigenvalue weighted by atomic mass is 79.9. The number of carbonyl (C=O) groups excluding carboxylic acids is 2. The molecule has 2 rings (SSSR count). The van der Waals surface area contributed by atoms with E-state index in [1.807, 2.05) is 13.8 Å². The number of hydrogen-bond acceptors (Lipinski definition) is 3. The van der Waals surface area contributed by atoms with Crippen LogP contribution in [0.1, 0.15) is 43.5 Å². The minimum atomic E-state index is -1.10. The molecule has 1 aromatic carbocycles. The van der Waals surface area contributed by atoms with Crippen LogP contribution in [0.25, 0.3) is 0 Å². The van der Waals surface area contributed by atoms with Crippen molar-refractivity contribution in [2.24, 2.45) is 5.41 Å². The van der Waals surface area contributed by atoms with E-state index in [1.165, 1.54) is 18.2 Å². The predicted molar refractivity (Wildman–Crippen MR) is 81.2 cm³/mol. The summed E-state index contributed by atoms with van der Waals surface area (Å²) >= 11 is 3.29. The van der Waals surface area contributed by atoms with Crippen molar-refractivity contribution < 1.29 is 19.5 Å². The van der Waals surface area contributed by atoms with Crippen molar-refractivity contribution in [3.63, 3.8) is 0 Å². The molecule has 112 valence electrons. The quantitative estimate of drug-likeness (QED) is 0.843. The largest absolute Gasteiger partial charge is 0.478 e. The Labute approximate surface area is 131 Å². The Kier molecular flexibility index (Phi) is 4.18. The van der Waals surface area contributed by atoms with E-state index < -0.39 is 11.4 Å². The molecular weight excluding hydrogens is 338 g/mol. The van der Waals surface area contributed by atoms with Gasteiger partial charge in [0.2, 0.25) is 11.8 Å². The second-order valence-electron chi connectivity index (χ2n) is 5.17. The van der Waals surface area contributed by atoms with Crippen LogP contribution in [-0.2, 0) is 9.59 Å². The first-order valence-electron chi connectivity index (χ1n) is 6.76. The van der Waals surface area contributed by atoms with Crippen LogP contribution in [0.15, 0.2) is 22.7 Å². The zero-order valence-electron chi connectivity index (χ0n) is 11.9. The van der Waals surface area contributed by atoms with Crippen LogP contribution in [0, 0.1) is 5.41 Å². The first kappa shape index (κ1) is 15.7. The van der Waals surface area contributed by atoms with E-state index in [-0.39, 0.29) is 23.8 Å². The Morgan fingerprint density at radius 1 is 1.33 bits per heavy atom. The van der Waals surface area contributed by atoms with E-state index in [4.69, 9.17) is 5.11 Å². The van der Waals surface area contributed by atoms with Gasteiger partial charge in [-0.2, -0.15) is 0 Å². The van der Waals surface area contributed by atoms with Crippen molar-refractivity contribution in [3.8, 4) is 0 Å². The number of carboxylic acid groups (broad SMARTS) is 1. The van der Waals surface area contributed by atoms with E-state index >= 15 is 0 Å². The summed E-state index contributed by atoms with van der Waals surface area (Å²) < 4.78 is 0.525. The van der Waals surface area contributed by atoms with Crippen molar-refractivity contribution in [1.82, 2.24) is 0 Å². The molecule has 1 N–H and O–H groups in total. The molecule has 0 radical (unpaired) electrons. The number of anilines is 1. The number of amides is 2. The molecule has 5 nitrogen and oxygen atoms in total. The van der Waals surface area contributed by atoms with Crippen molar-refractivity contribution in [3.05, 3.63) is 28.2 Å². The molecule has 21 heavy (non-hydrogen) atoms. The van der Waals surface area contributed by atoms with Crippen LogP contribution >= 0.6 is 15.9 Å². The SMILES string of the molecule is CCC1(CC)CC(=O)N(c2cc(C(=O)O)ccc2Br)C1=O. The van der Waals surface area contributed by atoms with Gasteiger partial charge in [-0.1, -0.05) is 13.8 Å². The Morgan fingerprint density at radius 2 is 1.95 bits per heavy atom. The second-order valence-corrected chi connectivity index (χ2v) is 6.02. The molecule has 1 aromatic rings. The minimum absolute atomic E-state index is 0.0410. The number of benzene rings is 1. The topological polar surface area (TPSA) is 74.7 Å². The molecule has 1 aliphatic heterocycles. The van der Waals surface area contributed by atoms with Crippen LogP contribution in [0.5, 0.6) is 0 Å². The average Bonchev–Trinajstić information content (AvgIpc) is 2.71. The van der Waals surface area contributed by atoms with E-state index in [9.17, 15) is 14.4 Å².